The maximum atomic E-state index is 11.7. The summed E-state index contributed by atoms with van der Waals surface area (Å²) in [5.74, 6) is 0. The Morgan fingerprint density at radius 2 is 1.91 bits per heavy atom. The van der Waals surface area contributed by atoms with Crippen LogP contribution in [0.4, 0.5) is 13.2 Å². The van der Waals surface area contributed by atoms with Gasteiger partial charge in [0, 0.05) is 11.9 Å². The number of hydrogen-bond donors (Lipinski definition) is 0. The van der Waals surface area contributed by atoms with E-state index in [1.807, 2.05) is 0 Å². The number of aliphatic imine (C=N–C) groups is 1. The highest BCUT2D eigenvalue weighted by Gasteiger charge is 2.28. The van der Waals surface area contributed by atoms with Crippen molar-refractivity contribution in [2.75, 3.05) is 0 Å². The standard InChI is InChI=1S/C7H8F3N/c1-3-6(11-4-2)5-7(8,9)10/h3-4H,1-2,5H2. The SMILES string of the molecule is C=CN=C(C=C)CC(F)(F)F. The van der Waals surface area contributed by atoms with E-state index in [-0.39, 0.29) is 5.71 Å². The monoisotopic (exact) mass is 163 g/mol. The molecule has 0 atom stereocenters. The van der Waals surface area contributed by atoms with Crippen LogP contribution in [-0.4, -0.2) is 11.9 Å². The van der Waals surface area contributed by atoms with Crippen LogP contribution in [-0.2, 0) is 0 Å². The lowest BCUT2D eigenvalue weighted by molar-refractivity contribution is -0.121. The third-order valence-electron chi connectivity index (χ3n) is 0.874. The molecule has 0 fully saturated rings. The van der Waals surface area contributed by atoms with Crippen LogP contribution in [0.3, 0.4) is 0 Å². The molecule has 0 rings (SSSR count). The van der Waals surface area contributed by atoms with Crippen molar-refractivity contribution in [3.63, 3.8) is 0 Å². The average molecular weight is 163 g/mol. The van der Waals surface area contributed by atoms with E-state index < -0.39 is 12.6 Å². The maximum absolute atomic E-state index is 11.7. The van der Waals surface area contributed by atoms with Crippen LogP contribution < -0.4 is 0 Å². The van der Waals surface area contributed by atoms with Gasteiger partial charge >= 0.3 is 6.18 Å². The van der Waals surface area contributed by atoms with Crippen LogP contribution in [0.15, 0.2) is 30.4 Å². The van der Waals surface area contributed by atoms with Gasteiger partial charge in [0.1, 0.15) is 0 Å². The summed E-state index contributed by atoms with van der Waals surface area (Å²) in [5, 5.41) is 0. The Kier molecular flexibility index (Phi) is 3.57. The second-order valence-electron chi connectivity index (χ2n) is 1.80. The quantitative estimate of drug-likeness (QED) is 0.567. The van der Waals surface area contributed by atoms with E-state index in [0.29, 0.717) is 0 Å². The zero-order chi connectivity index (χ0) is 8.91. The average Bonchev–Trinajstić information content (AvgIpc) is 1.84. The van der Waals surface area contributed by atoms with Gasteiger partial charge in [0.05, 0.1) is 6.42 Å². The largest absolute Gasteiger partial charge is 0.394 e. The summed E-state index contributed by atoms with van der Waals surface area (Å²) < 4.78 is 35.0. The molecule has 0 aromatic carbocycles. The van der Waals surface area contributed by atoms with Gasteiger partial charge < -0.3 is 0 Å². The first kappa shape index (κ1) is 9.94. The molecule has 62 valence electrons. The summed E-state index contributed by atoms with van der Waals surface area (Å²) in [7, 11) is 0. The summed E-state index contributed by atoms with van der Waals surface area (Å²) in [5.41, 5.74) is -0.118. The maximum Gasteiger partial charge on any atom is 0.394 e. The Hall–Kier alpha value is -1.06. The molecule has 4 heteroatoms. The first-order valence-corrected chi connectivity index (χ1v) is 2.86. The number of alkyl halides is 3. The molecule has 0 unspecified atom stereocenters. The third-order valence-corrected chi connectivity index (χ3v) is 0.874. The Morgan fingerprint density at radius 1 is 1.36 bits per heavy atom. The molecule has 0 radical (unpaired) electrons. The molecule has 0 heterocycles. The zero-order valence-corrected chi connectivity index (χ0v) is 5.86. The van der Waals surface area contributed by atoms with Crippen molar-refractivity contribution >= 4 is 5.71 Å². The number of rotatable bonds is 3. The predicted molar refractivity (Wildman–Crippen MR) is 38.5 cm³/mol. The molecule has 0 aromatic rings. The van der Waals surface area contributed by atoms with Gasteiger partial charge in [-0.3, -0.25) is 4.99 Å². The van der Waals surface area contributed by atoms with Crippen molar-refractivity contribution in [3.05, 3.63) is 25.4 Å². The molecular formula is C7H8F3N. The van der Waals surface area contributed by atoms with Gasteiger partial charge in [-0.2, -0.15) is 13.2 Å². The van der Waals surface area contributed by atoms with Crippen LogP contribution in [0, 0.1) is 0 Å². The molecule has 0 aliphatic carbocycles. The highest BCUT2D eigenvalue weighted by molar-refractivity contribution is 5.95. The number of hydrogen-bond acceptors (Lipinski definition) is 1. The van der Waals surface area contributed by atoms with E-state index in [4.69, 9.17) is 0 Å². The predicted octanol–water partition coefficient (Wildman–Crippen LogP) is 2.71. The van der Waals surface area contributed by atoms with E-state index >= 15 is 0 Å². The summed E-state index contributed by atoms with van der Waals surface area (Å²) in [6.07, 6.45) is -3.16. The van der Waals surface area contributed by atoms with Crippen LogP contribution in [0.2, 0.25) is 0 Å². The molecule has 0 aliphatic heterocycles. The molecule has 1 nitrogen and oxygen atoms in total. The van der Waals surface area contributed by atoms with Gasteiger partial charge in [-0.1, -0.05) is 13.2 Å². The minimum absolute atomic E-state index is 0.118. The highest BCUT2D eigenvalue weighted by Crippen LogP contribution is 2.20. The summed E-state index contributed by atoms with van der Waals surface area (Å²) in [6, 6.07) is 0. The molecule has 0 saturated heterocycles. The summed E-state index contributed by atoms with van der Waals surface area (Å²) >= 11 is 0. The fraction of sp³-hybridized carbons (Fsp3) is 0.286. The molecule has 0 N–H and O–H groups in total. The normalized spacial score (nSPS) is 12.8. The number of nitrogens with zero attached hydrogens (tertiary/aromatic N) is 1. The topological polar surface area (TPSA) is 12.4 Å². The fourth-order valence-corrected chi connectivity index (χ4v) is 0.493. The Labute approximate surface area is 62.9 Å². The first-order chi connectivity index (χ1) is 4.99. The molecule has 0 bridgehead atoms. The van der Waals surface area contributed by atoms with Crippen molar-refractivity contribution in [1.82, 2.24) is 0 Å². The van der Waals surface area contributed by atoms with Gasteiger partial charge in [-0.15, -0.1) is 0 Å². The first-order valence-electron chi connectivity index (χ1n) is 2.86. The van der Waals surface area contributed by atoms with Gasteiger partial charge in [-0.05, 0) is 6.08 Å². The molecule has 0 aromatic heterocycles. The lowest BCUT2D eigenvalue weighted by Crippen LogP contribution is -2.12. The Bertz CT molecular complexity index is 179. The van der Waals surface area contributed by atoms with Crippen molar-refractivity contribution in [3.8, 4) is 0 Å². The minimum Gasteiger partial charge on any atom is -0.262 e. The van der Waals surface area contributed by atoms with Crippen LogP contribution in [0.25, 0.3) is 0 Å². The summed E-state index contributed by atoms with van der Waals surface area (Å²) in [4.78, 5) is 3.37. The third kappa shape index (κ3) is 5.39. The van der Waals surface area contributed by atoms with Crippen molar-refractivity contribution in [2.24, 2.45) is 4.99 Å². The van der Waals surface area contributed by atoms with Gasteiger partial charge in [0.15, 0.2) is 0 Å². The fourth-order valence-electron chi connectivity index (χ4n) is 0.493. The minimum atomic E-state index is -4.23. The zero-order valence-electron chi connectivity index (χ0n) is 5.86. The Morgan fingerprint density at radius 3 is 2.18 bits per heavy atom. The lowest BCUT2D eigenvalue weighted by atomic mass is 10.2. The van der Waals surface area contributed by atoms with E-state index in [0.717, 1.165) is 12.3 Å². The molecule has 0 aliphatic rings. The van der Waals surface area contributed by atoms with E-state index in [1.165, 1.54) is 0 Å². The van der Waals surface area contributed by atoms with Crippen molar-refractivity contribution in [2.45, 2.75) is 12.6 Å². The smallest absolute Gasteiger partial charge is 0.262 e. The van der Waals surface area contributed by atoms with Crippen LogP contribution in [0.5, 0.6) is 0 Å². The van der Waals surface area contributed by atoms with Gasteiger partial charge in [0.25, 0.3) is 0 Å². The van der Waals surface area contributed by atoms with E-state index in [2.05, 4.69) is 18.2 Å². The van der Waals surface area contributed by atoms with Crippen LogP contribution >= 0.6 is 0 Å². The van der Waals surface area contributed by atoms with Crippen molar-refractivity contribution in [1.29, 1.82) is 0 Å². The molecule has 0 spiro atoms. The van der Waals surface area contributed by atoms with Crippen LogP contribution in [0.1, 0.15) is 6.42 Å². The number of allylic oxidation sites excluding steroid dienone is 1. The molecular weight excluding hydrogens is 155 g/mol. The second-order valence-corrected chi connectivity index (χ2v) is 1.80. The van der Waals surface area contributed by atoms with Crippen molar-refractivity contribution < 1.29 is 13.2 Å². The summed E-state index contributed by atoms with van der Waals surface area (Å²) in [6.45, 7) is 6.36. The highest BCUT2D eigenvalue weighted by atomic mass is 19.4. The number of halogens is 3. The molecule has 11 heavy (non-hydrogen) atoms. The second kappa shape index (κ2) is 3.95. The van der Waals surface area contributed by atoms with E-state index in [1.54, 1.807) is 0 Å². The Balaban J connectivity index is 4.20. The molecule has 0 amide bonds. The van der Waals surface area contributed by atoms with Gasteiger partial charge in [-0.25, -0.2) is 0 Å². The lowest BCUT2D eigenvalue weighted by Gasteiger charge is -2.04. The van der Waals surface area contributed by atoms with E-state index in [9.17, 15) is 13.2 Å². The van der Waals surface area contributed by atoms with Gasteiger partial charge in [0.2, 0.25) is 0 Å². The molecule has 0 saturated carbocycles.